The number of benzene rings is 1. The van der Waals surface area contributed by atoms with Crippen molar-refractivity contribution < 1.29 is 14.3 Å². The minimum absolute atomic E-state index is 0.132. The molecule has 0 fully saturated rings. The molecule has 0 radical (unpaired) electrons. The van der Waals surface area contributed by atoms with Gasteiger partial charge < -0.3 is 9.64 Å². The monoisotopic (exact) mass is 261 g/mol. The van der Waals surface area contributed by atoms with Crippen molar-refractivity contribution in [3.05, 3.63) is 41.5 Å². The van der Waals surface area contributed by atoms with E-state index in [1.54, 1.807) is 13.1 Å². The van der Waals surface area contributed by atoms with Gasteiger partial charge in [-0.2, -0.15) is 0 Å². The van der Waals surface area contributed by atoms with Gasteiger partial charge in [-0.1, -0.05) is 24.3 Å². The van der Waals surface area contributed by atoms with E-state index in [0.717, 1.165) is 11.1 Å². The van der Waals surface area contributed by atoms with Crippen molar-refractivity contribution in [2.45, 2.75) is 13.3 Å². The standard InChI is InChI=1S/C15H19NO3/c1-12-6-4-5-7-13(12)8-9-14(17)16(2)11-10-15(18)19-3/h4-9H,10-11H2,1-3H3/b9-8+. The zero-order valence-electron chi connectivity index (χ0n) is 11.6. The molecule has 1 amide bonds. The molecule has 4 heteroatoms. The number of carbonyl (C=O) groups is 2. The Bertz CT molecular complexity index is 480. The average molecular weight is 261 g/mol. The van der Waals surface area contributed by atoms with Crippen LogP contribution in [0.25, 0.3) is 6.08 Å². The molecule has 1 aromatic carbocycles. The molecule has 0 aliphatic heterocycles. The SMILES string of the molecule is COC(=O)CCN(C)C(=O)/C=C/c1ccccc1C. The molecular weight excluding hydrogens is 242 g/mol. The third-order valence-corrected chi connectivity index (χ3v) is 2.85. The quantitative estimate of drug-likeness (QED) is 0.602. The predicted molar refractivity (Wildman–Crippen MR) is 74.5 cm³/mol. The fraction of sp³-hybridized carbons (Fsp3) is 0.333. The Morgan fingerprint density at radius 3 is 2.63 bits per heavy atom. The molecule has 19 heavy (non-hydrogen) atoms. The lowest BCUT2D eigenvalue weighted by atomic mass is 10.1. The van der Waals surface area contributed by atoms with Crippen molar-refractivity contribution in [3.8, 4) is 0 Å². The molecule has 1 aromatic rings. The Balaban J connectivity index is 2.55. The molecule has 102 valence electrons. The van der Waals surface area contributed by atoms with Crippen molar-refractivity contribution in [2.24, 2.45) is 0 Å². The lowest BCUT2D eigenvalue weighted by molar-refractivity contribution is -0.141. The van der Waals surface area contributed by atoms with Crippen molar-refractivity contribution in [3.63, 3.8) is 0 Å². The number of carbonyl (C=O) groups excluding carboxylic acids is 2. The van der Waals surface area contributed by atoms with Crippen LogP contribution in [-0.2, 0) is 14.3 Å². The zero-order valence-corrected chi connectivity index (χ0v) is 11.6. The minimum Gasteiger partial charge on any atom is -0.469 e. The second-order valence-electron chi connectivity index (χ2n) is 4.28. The number of ether oxygens (including phenoxy) is 1. The molecule has 0 bridgehead atoms. The van der Waals surface area contributed by atoms with E-state index >= 15 is 0 Å². The van der Waals surface area contributed by atoms with Gasteiger partial charge in [-0.3, -0.25) is 9.59 Å². The summed E-state index contributed by atoms with van der Waals surface area (Å²) in [5, 5.41) is 0. The van der Waals surface area contributed by atoms with Crippen molar-refractivity contribution in [1.82, 2.24) is 4.90 Å². The van der Waals surface area contributed by atoms with Crippen molar-refractivity contribution in [1.29, 1.82) is 0 Å². The second-order valence-corrected chi connectivity index (χ2v) is 4.28. The number of hydrogen-bond acceptors (Lipinski definition) is 3. The minimum atomic E-state index is -0.317. The van der Waals surface area contributed by atoms with Crippen molar-refractivity contribution in [2.75, 3.05) is 20.7 Å². The van der Waals surface area contributed by atoms with E-state index in [-0.39, 0.29) is 18.3 Å². The summed E-state index contributed by atoms with van der Waals surface area (Å²) in [5.74, 6) is -0.449. The summed E-state index contributed by atoms with van der Waals surface area (Å²) in [6.45, 7) is 2.34. The summed E-state index contributed by atoms with van der Waals surface area (Å²) in [5.41, 5.74) is 2.13. The number of rotatable bonds is 5. The summed E-state index contributed by atoms with van der Waals surface area (Å²) in [4.78, 5) is 24.3. The topological polar surface area (TPSA) is 46.6 Å². The van der Waals surface area contributed by atoms with Gasteiger partial charge in [0.25, 0.3) is 0 Å². The van der Waals surface area contributed by atoms with Gasteiger partial charge in [0.1, 0.15) is 0 Å². The molecular formula is C15H19NO3. The van der Waals surface area contributed by atoms with Crippen LogP contribution in [0.15, 0.2) is 30.3 Å². The Morgan fingerprint density at radius 1 is 1.32 bits per heavy atom. The molecule has 0 aliphatic carbocycles. The predicted octanol–water partition coefficient (Wildman–Crippen LogP) is 2.03. The molecule has 4 nitrogen and oxygen atoms in total. The fourth-order valence-electron chi connectivity index (χ4n) is 1.53. The van der Waals surface area contributed by atoms with Crippen LogP contribution in [0.5, 0.6) is 0 Å². The van der Waals surface area contributed by atoms with Crippen LogP contribution >= 0.6 is 0 Å². The van der Waals surface area contributed by atoms with E-state index in [0.29, 0.717) is 6.54 Å². The molecule has 0 aromatic heterocycles. The average Bonchev–Trinajstić information content (AvgIpc) is 2.43. The Kier molecular flexibility index (Phi) is 5.79. The van der Waals surface area contributed by atoms with Crippen LogP contribution in [0.2, 0.25) is 0 Å². The zero-order chi connectivity index (χ0) is 14.3. The van der Waals surface area contributed by atoms with E-state index in [1.807, 2.05) is 31.2 Å². The van der Waals surface area contributed by atoms with Crippen LogP contribution < -0.4 is 0 Å². The first-order chi connectivity index (χ1) is 9.04. The van der Waals surface area contributed by atoms with Gasteiger partial charge in [-0.25, -0.2) is 0 Å². The third-order valence-electron chi connectivity index (χ3n) is 2.85. The number of methoxy groups -OCH3 is 1. The largest absolute Gasteiger partial charge is 0.469 e. The molecule has 0 N–H and O–H groups in total. The summed E-state index contributed by atoms with van der Waals surface area (Å²) in [6.07, 6.45) is 3.50. The summed E-state index contributed by atoms with van der Waals surface area (Å²) >= 11 is 0. The summed E-state index contributed by atoms with van der Waals surface area (Å²) in [6, 6.07) is 7.83. The molecule has 0 heterocycles. The Hall–Kier alpha value is -2.10. The smallest absolute Gasteiger partial charge is 0.307 e. The summed E-state index contributed by atoms with van der Waals surface area (Å²) < 4.78 is 4.53. The highest BCUT2D eigenvalue weighted by atomic mass is 16.5. The summed E-state index contributed by atoms with van der Waals surface area (Å²) in [7, 11) is 3.00. The van der Waals surface area contributed by atoms with Crippen LogP contribution in [0.1, 0.15) is 17.5 Å². The van der Waals surface area contributed by atoms with Crippen LogP contribution in [-0.4, -0.2) is 37.5 Å². The Labute approximate surface area is 113 Å². The highest BCUT2D eigenvalue weighted by molar-refractivity contribution is 5.92. The van der Waals surface area contributed by atoms with E-state index in [4.69, 9.17) is 0 Å². The van der Waals surface area contributed by atoms with Gasteiger partial charge in [0.15, 0.2) is 0 Å². The molecule has 0 atom stereocenters. The van der Waals surface area contributed by atoms with Gasteiger partial charge in [0, 0.05) is 19.7 Å². The highest BCUT2D eigenvalue weighted by Crippen LogP contribution is 2.09. The third kappa shape index (κ3) is 4.95. The first-order valence-electron chi connectivity index (χ1n) is 6.10. The molecule has 1 rings (SSSR count). The normalized spacial score (nSPS) is 10.5. The number of aryl methyl sites for hydroxylation is 1. The highest BCUT2D eigenvalue weighted by Gasteiger charge is 2.08. The first-order valence-corrected chi connectivity index (χ1v) is 6.10. The van der Waals surface area contributed by atoms with E-state index in [9.17, 15) is 9.59 Å². The molecule has 0 aliphatic rings. The van der Waals surface area contributed by atoms with E-state index in [1.165, 1.54) is 18.1 Å². The van der Waals surface area contributed by atoms with Gasteiger partial charge in [-0.05, 0) is 24.1 Å². The van der Waals surface area contributed by atoms with Crippen LogP contribution in [0, 0.1) is 6.92 Å². The lowest BCUT2D eigenvalue weighted by Crippen LogP contribution is -2.27. The van der Waals surface area contributed by atoms with Crippen molar-refractivity contribution >= 4 is 18.0 Å². The molecule has 0 unspecified atom stereocenters. The maximum Gasteiger partial charge on any atom is 0.307 e. The van der Waals surface area contributed by atoms with E-state index < -0.39 is 0 Å². The maximum atomic E-state index is 11.8. The van der Waals surface area contributed by atoms with Gasteiger partial charge in [0.05, 0.1) is 13.5 Å². The van der Waals surface area contributed by atoms with Crippen LogP contribution in [0.4, 0.5) is 0 Å². The number of nitrogens with zero attached hydrogens (tertiary/aromatic N) is 1. The Morgan fingerprint density at radius 2 is 2.00 bits per heavy atom. The first kappa shape index (κ1) is 15.0. The van der Waals surface area contributed by atoms with Gasteiger partial charge in [-0.15, -0.1) is 0 Å². The number of likely N-dealkylation sites (N-methyl/N-ethyl adjacent to an activating group) is 1. The fourth-order valence-corrected chi connectivity index (χ4v) is 1.53. The van der Waals surface area contributed by atoms with Crippen LogP contribution in [0.3, 0.4) is 0 Å². The number of esters is 1. The molecule has 0 saturated carbocycles. The second kappa shape index (κ2) is 7.36. The molecule has 0 spiro atoms. The van der Waals surface area contributed by atoms with Gasteiger partial charge >= 0.3 is 5.97 Å². The lowest BCUT2D eigenvalue weighted by Gasteiger charge is -2.13. The molecule has 0 saturated heterocycles. The maximum absolute atomic E-state index is 11.8. The van der Waals surface area contributed by atoms with E-state index in [2.05, 4.69) is 4.74 Å². The number of hydrogen-bond donors (Lipinski definition) is 0. The van der Waals surface area contributed by atoms with Gasteiger partial charge in [0.2, 0.25) is 5.91 Å². The number of amides is 1.